The lowest BCUT2D eigenvalue weighted by atomic mass is 10.2. The van der Waals surface area contributed by atoms with E-state index in [-0.39, 0.29) is 11.9 Å². The Morgan fingerprint density at radius 1 is 1.29 bits per heavy atom. The third-order valence-electron chi connectivity index (χ3n) is 2.85. The molecule has 1 atom stereocenters. The summed E-state index contributed by atoms with van der Waals surface area (Å²) in [5, 5.41) is 7.02. The average molecular weight is 282 g/mol. The number of pyridine rings is 1. The minimum Gasteiger partial charge on any atom is -0.374 e. The number of hydrogen-bond acceptors (Lipinski definition) is 4. The highest BCUT2D eigenvalue weighted by Gasteiger charge is 2.11. The molecule has 0 fully saturated rings. The highest BCUT2D eigenvalue weighted by atomic mass is 16.2. The van der Waals surface area contributed by atoms with Gasteiger partial charge in [0.25, 0.3) is 5.91 Å². The van der Waals surface area contributed by atoms with Crippen molar-refractivity contribution in [1.82, 2.24) is 10.4 Å². The number of carbonyl (C=O) groups is 1. The number of carbonyl (C=O) groups excluding carboxylic acids is 1. The van der Waals surface area contributed by atoms with E-state index >= 15 is 0 Å². The SMILES string of the molecule is Cc1cccc(N[C@@H](C)C(=O)N/N=C\c2ccccn2)c1. The zero-order valence-corrected chi connectivity index (χ0v) is 12.1. The fourth-order valence-corrected chi connectivity index (χ4v) is 1.76. The number of hydrazone groups is 1. The van der Waals surface area contributed by atoms with Gasteiger partial charge >= 0.3 is 0 Å². The molecule has 0 radical (unpaired) electrons. The van der Waals surface area contributed by atoms with Crippen LogP contribution in [0.15, 0.2) is 53.8 Å². The van der Waals surface area contributed by atoms with E-state index in [1.54, 1.807) is 13.1 Å². The van der Waals surface area contributed by atoms with Crippen molar-refractivity contribution in [3.8, 4) is 0 Å². The summed E-state index contributed by atoms with van der Waals surface area (Å²) >= 11 is 0. The molecular formula is C16H18N4O. The van der Waals surface area contributed by atoms with Crippen molar-refractivity contribution in [2.45, 2.75) is 19.9 Å². The Kier molecular flexibility index (Phi) is 5.04. The molecule has 0 spiro atoms. The summed E-state index contributed by atoms with van der Waals surface area (Å²) in [4.78, 5) is 16.0. The second-order valence-corrected chi connectivity index (χ2v) is 4.72. The quantitative estimate of drug-likeness (QED) is 0.653. The van der Waals surface area contributed by atoms with E-state index < -0.39 is 0 Å². The monoisotopic (exact) mass is 282 g/mol. The van der Waals surface area contributed by atoms with Crippen molar-refractivity contribution in [1.29, 1.82) is 0 Å². The first-order valence-corrected chi connectivity index (χ1v) is 6.72. The zero-order valence-electron chi connectivity index (χ0n) is 12.1. The maximum absolute atomic E-state index is 11.9. The summed E-state index contributed by atoms with van der Waals surface area (Å²) in [5.74, 6) is -0.205. The Bertz CT molecular complexity index is 625. The van der Waals surface area contributed by atoms with Crippen molar-refractivity contribution in [2.24, 2.45) is 5.10 Å². The van der Waals surface area contributed by atoms with E-state index in [1.165, 1.54) is 6.21 Å². The molecule has 2 rings (SSSR count). The molecule has 0 aliphatic rings. The van der Waals surface area contributed by atoms with Crippen molar-refractivity contribution in [3.05, 3.63) is 59.9 Å². The first kappa shape index (κ1) is 14.7. The number of aromatic nitrogens is 1. The largest absolute Gasteiger partial charge is 0.374 e. The van der Waals surface area contributed by atoms with E-state index in [9.17, 15) is 4.79 Å². The number of aryl methyl sites for hydroxylation is 1. The molecule has 21 heavy (non-hydrogen) atoms. The second kappa shape index (κ2) is 7.19. The highest BCUT2D eigenvalue weighted by Crippen LogP contribution is 2.10. The number of amides is 1. The lowest BCUT2D eigenvalue weighted by Crippen LogP contribution is -2.34. The van der Waals surface area contributed by atoms with Gasteiger partial charge < -0.3 is 5.32 Å². The van der Waals surface area contributed by atoms with Gasteiger partial charge in [-0.15, -0.1) is 0 Å². The summed E-state index contributed by atoms with van der Waals surface area (Å²) in [6.07, 6.45) is 3.18. The maximum atomic E-state index is 11.9. The van der Waals surface area contributed by atoms with Crippen molar-refractivity contribution >= 4 is 17.8 Å². The predicted molar refractivity (Wildman–Crippen MR) is 84.2 cm³/mol. The lowest BCUT2D eigenvalue weighted by Gasteiger charge is -2.13. The number of anilines is 1. The van der Waals surface area contributed by atoms with Crippen LogP contribution in [-0.2, 0) is 4.79 Å². The Labute approximate surface area is 124 Å². The molecule has 108 valence electrons. The van der Waals surface area contributed by atoms with Gasteiger partial charge in [-0.1, -0.05) is 18.2 Å². The first-order chi connectivity index (χ1) is 10.1. The highest BCUT2D eigenvalue weighted by molar-refractivity contribution is 5.85. The minimum atomic E-state index is -0.382. The molecule has 1 heterocycles. The average Bonchev–Trinajstić information content (AvgIpc) is 2.48. The van der Waals surface area contributed by atoms with E-state index in [0.717, 1.165) is 11.3 Å². The standard InChI is InChI=1S/C16H18N4O/c1-12-6-5-8-14(10-12)19-13(2)16(21)20-18-11-15-7-3-4-9-17-15/h3-11,13,19H,1-2H3,(H,20,21)/b18-11-/t13-/m0/s1. The van der Waals surface area contributed by atoms with Gasteiger partial charge in [0.05, 0.1) is 11.9 Å². The molecule has 0 saturated carbocycles. The Hall–Kier alpha value is -2.69. The summed E-state index contributed by atoms with van der Waals surface area (Å²) in [5.41, 5.74) is 5.23. The van der Waals surface area contributed by atoms with Crippen LogP contribution in [0.1, 0.15) is 18.2 Å². The smallest absolute Gasteiger partial charge is 0.262 e. The summed E-state index contributed by atoms with van der Waals surface area (Å²) in [6, 6.07) is 13.0. The molecule has 0 saturated heterocycles. The molecule has 0 aliphatic carbocycles. The lowest BCUT2D eigenvalue weighted by molar-refractivity contribution is -0.121. The van der Waals surface area contributed by atoms with Crippen molar-refractivity contribution in [3.63, 3.8) is 0 Å². The fraction of sp³-hybridized carbons (Fsp3) is 0.188. The van der Waals surface area contributed by atoms with Gasteiger partial charge in [0.1, 0.15) is 6.04 Å². The Balaban J connectivity index is 1.87. The normalized spacial score (nSPS) is 12.1. The zero-order chi connectivity index (χ0) is 15.1. The predicted octanol–water partition coefficient (Wildman–Crippen LogP) is 2.34. The van der Waals surface area contributed by atoms with Crippen LogP contribution in [0, 0.1) is 6.92 Å². The van der Waals surface area contributed by atoms with Crippen LogP contribution in [0.4, 0.5) is 5.69 Å². The van der Waals surface area contributed by atoms with Gasteiger partial charge in [0.2, 0.25) is 0 Å². The molecule has 0 aliphatic heterocycles. The third kappa shape index (κ3) is 4.72. The number of nitrogens with one attached hydrogen (secondary N) is 2. The summed E-state index contributed by atoms with van der Waals surface area (Å²) < 4.78 is 0. The van der Waals surface area contributed by atoms with Gasteiger partial charge in [-0.3, -0.25) is 9.78 Å². The third-order valence-corrected chi connectivity index (χ3v) is 2.85. The fourth-order valence-electron chi connectivity index (χ4n) is 1.76. The van der Waals surface area contributed by atoms with Crippen LogP contribution in [0.3, 0.4) is 0 Å². The van der Waals surface area contributed by atoms with Crippen LogP contribution in [0.2, 0.25) is 0 Å². The molecular weight excluding hydrogens is 264 g/mol. The molecule has 1 amide bonds. The summed E-state index contributed by atoms with van der Waals surface area (Å²) in [7, 11) is 0. The first-order valence-electron chi connectivity index (χ1n) is 6.72. The van der Waals surface area contributed by atoms with Crippen molar-refractivity contribution < 1.29 is 4.79 Å². The molecule has 5 heteroatoms. The Morgan fingerprint density at radius 2 is 2.14 bits per heavy atom. The molecule has 1 aromatic heterocycles. The van der Waals surface area contributed by atoms with Gasteiger partial charge in [-0.2, -0.15) is 5.10 Å². The second-order valence-electron chi connectivity index (χ2n) is 4.72. The van der Waals surface area contributed by atoms with Gasteiger partial charge in [0, 0.05) is 11.9 Å². The van der Waals surface area contributed by atoms with E-state index in [1.807, 2.05) is 49.4 Å². The molecule has 2 aromatic rings. The number of hydrogen-bond donors (Lipinski definition) is 2. The number of rotatable bonds is 5. The van der Waals surface area contributed by atoms with Gasteiger partial charge in [0.15, 0.2) is 0 Å². The Morgan fingerprint density at radius 3 is 2.86 bits per heavy atom. The molecule has 2 N–H and O–H groups in total. The van der Waals surface area contributed by atoms with E-state index in [0.29, 0.717) is 5.69 Å². The van der Waals surface area contributed by atoms with E-state index in [2.05, 4.69) is 20.8 Å². The van der Waals surface area contributed by atoms with Gasteiger partial charge in [-0.25, -0.2) is 5.43 Å². The number of benzene rings is 1. The van der Waals surface area contributed by atoms with Crippen LogP contribution in [0.25, 0.3) is 0 Å². The number of nitrogens with zero attached hydrogens (tertiary/aromatic N) is 2. The molecule has 5 nitrogen and oxygen atoms in total. The van der Waals surface area contributed by atoms with E-state index in [4.69, 9.17) is 0 Å². The molecule has 0 bridgehead atoms. The minimum absolute atomic E-state index is 0.205. The van der Waals surface area contributed by atoms with Crippen LogP contribution >= 0.6 is 0 Å². The van der Waals surface area contributed by atoms with Crippen LogP contribution in [-0.4, -0.2) is 23.1 Å². The van der Waals surface area contributed by atoms with Crippen LogP contribution in [0.5, 0.6) is 0 Å². The van der Waals surface area contributed by atoms with Crippen molar-refractivity contribution in [2.75, 3.05) is 5.32 Å². The van der Waals surface area contributed by atoms with Gasteiger partial charge in [-0.05, 0) is 43.7 Å². The molecule has 1 aromatic carbocycles. The van der Waals surface area contributed by atoms with Crippen LogP contribution < -0.4 is 10.7 Å². The summed E-state index contributed by atoms with van der Waals surface area (Å²) in [6.45, 7) is 3.79. The maximum Gasteiger partial charge on any atom is 0.262 e. The topological polar surface area (TPSA) is 66.4 Å². The molecule has 0 unspecified atom stereocenters.